The van der Waals surface area contributed by atoms with Crippen molar-refractivity contribution in [3.63, 3.8) is 0 Å². The van der Waals surface area contributed by atoms with Gasteiger partial charge in [0, 0.05) is 24.3 Å². The van der Waals surface area contributed by atoms with Gasteiger partial charge in [0.05, 0.1) is 12.0 Å². The van der Waals surface area contributed by atoms with Crippen LogP contribution in [-0.4, -0.2) is 43.8 Å². The van der Waals surface area contributed by atoms with E-state index >= 15 is 0 Å². The Balaban J connectivity index is 1.46. The second-order valence-corrected chi connectivity index (χ2v) is 10.2. The smallest absolute Gasteiger partial charge is 0.313 e. The molecule has 1 aliphatic rings. The molecule has 0 atom stereocenters. The molecular weight excluding hydrogens is 480 g/mol. The summed E-state index contributed by atoms with van der Waals surface area (Å²) in [6, 6.07) is 17.3. The number of carbonyl (C=O) groups is 2. The second-order valence-electron chi connectivity index (χ2n) is 10.2. The van der Waals surface area contributed by atoms with Crippen LogP contribution in [0.15, 0.2) is 60.9 Å². The van der Waals surface area contributed by atoms with Gasteiger partial charge in [-0.05, 0) is 74.2 Å². The molecule has 1 aliphatic heterocycles. The van der Waals surface area contributed by atoms with Crippen LogP contribution < -0.4 is 10.2 Å². The molecule has 194 valence electrons. The molecule has 2 aromatic carbocycles. The fraction of sp³-hybridized carbons (Fsp3) is 0.276. The third kappa shape index (κ3) is 4.19. The van der Waals surface area contributed by atoms with Gasteiger partial charge in [-0.25, -0.2) is 4.98 Å². The summed E-state index contributed by atoms with van der Waals surface area (Å²) < 4.78 is 1.95. The molecule has 2 aromatic heterocycles. The van der Waals surface area contributed by atoms with Crippen molar-refractivity contribution in [2.45, 2.75) is 45.7 Å². The Labute approximate surface area is 221 Å². The van der Waals surface area contributed by atoms with Gasteiger partial charge in [-0.1, -0.05) is 30.3 Å². The van der Waals surface area contributed by atoms with Crippen LogP contribution in [0.5, 0.6) is 0 Å². The zero-order valence-corrected chi connectivity index (χ0v) is 22.1. The lowest BCUT2D eigenvalue weighted by Crippen LogP contribution is -2.29. The van der Waals surface area contributed by atoms with E-state index in [0.29, 0.717) is 35.0 Å². The van der Waals surface area contributed by atoms with E-state index in [-0.39, 0.29) is 11.9 Å². The molecule has 0 saturated carbocycles. The summed E-state index contributed by atoms with van der Waals surface area (Å²) in [5.74, 6) is 0.200. The maximum Gasteiger partial charge on any atom is 0.313 e. The number of aromatic nitrogens is 4. The normalized spacial score (nSPS) is 13.2. The Morgan fingerprint density at radius 3 is 2.53 bits per heavy atom. The number of nitrogens with zero attached hydrogens (tertiary/aromatic N) is 5. The number of benzene rings is 2. The number of pyridine rings is 1. The average Bonchev–Trinajstić information content (AvgIpc) is 3.53. The molecule has 0 unspecified atom stereocenters. The molecular formula is C29H30N6O3. The van der Waals surface area contributed by atoms with Crippen molar-refractivity contribution in [1.29, 1.82) is 0 Å². The third-order valence-corrected chi connectivity index (χ3v) is 7.11. The van der Waals surface area contributed by atoms with Gasteiger partial charge in [0.1, 0.15) is 17.8 Å². The summed E-state index contributed by atoms with van der Waals surface area (Å²) in [5.41, 5.74) is 4.35. The van der Waals surface area contributed by atoms with E-state index in [9.17, 15) is 14.7 Å². The number of hydrogen-bond acceptors (Lipinski definition) is 6. The molecule has 1 amide bonds. The Kier molecular flexibility index (Phi) is 6.22. The number of nitrogens with one attached hydrogen (secondary N) is 1. The van der Waals surface area contributed by atoms with Crippen LogP contribution >= 0.6 is 0 Å². The predicted molar refractivity (Wildman–Crippen MR) is 146 cm³/mol. The summed E-state index contributed by atoms with van der Waals surface area (Å²) in [7, 11) is 1.77. The van der Waals surface area contributed by atoms with Crippen LogP contribution in [0.25, 0.3) is 22.6 Å². The molecule has 0 spiro atoms. The summed E-state index contributed by atoms with van der Waals surface area (Å²) in [4.78, 5) is 31.7. The molecule has 38 heavy (non-hydrogen) atoms. The molecule has 0 fully saturated rings. The summed E-state index contributed by atoms with van der Waals surface area (Å²) in [6.45, 7) is 7.90. The number of aliphatic carboxylic acids is 1. The maximum absolute atomic E-state index is 13.5. The fourth-order valence-corrected chi connectivity index (χ4v) is 4.76. The molecule has 0 saturated heterocycles. The van der Waals surface area contributed by atoms with Crippen molar-refractivity contribution >= 4 is 23.4 Å². The van der Waals surface area contributed by atoms with Crippen molar-refractivity contribution in [3.05, 3.63) is 77.6 Å². The Hall–Kier alpha value is -4.53. The molecule has 0 bridgehead atoms. The van der Waals surface area contributed by atoms with Gasteiger partial charge < -0.3 is 15.0 Å². The van der Waals surface area contributed by atoms with Crippen molar-refractivity contribution in [2.24, 2.45) is 0 Å². The number of amides is 1. The molecule has 4 aromatic rings. The number of hydrogen-bond donors (Lipinski definition) is 2. The predicted octanol–water partition coefficient (Wildman–Crippen LogP) is 5.15. The third-order valence-electron chi connectivity index (χ3n) is 7.11. The first-order valence-corrected chi connectivity index (χ1v) is 12.5. The van der Waals surface area contributed by atoms with Crippen LogP contribution in [0.2, 0.25) is 0 Å². The van der Waals surface area contributed by atoms with Gasteiger partial charge in [0.2, 0.25) is 0 Å². The van der Waals surface area contributed by atoms with Gasteiger partial charge in [0.25, 0.3) is 5.91 Å². The minimum absolute atomic E-state index is 0.116. The van der Waals surface area contributed by atoms with Crippen molar-refractivity contribution in [2.75, 3.05) is 17.3 Å². The molecule has 3 heterocycles. The van der Waals surface area contributed by atoms with Gasteiger partial charge in [-0.15, -0.1) is 10.2 Å². The highest BCUT2D eigenvalue weighted by Crippen LogP contribution is 2.36. The van der Waals surface area contributed by atoms with E-state index in [1.54, 1.807) is 32.1 Å². The highest BCUT2D eigenvalue weighted by molar-refractivity contribution is 6.10. The molecule has 0 radical (unpaired) electrons. The Morgan fingerprint density at radius 2 is 1.82 bits per heavy atom. The number of carbonyl (C=O) groups excluding carboxylic acids is 1. The molecule has 0 aliphatic carbocycles. The van der Waals surface area contributed by atoms with E-state index < -0.39 is 11.4 Å². The summed E-state index contributed by atoms with van der Waals surface area (Å²) >= 11 is 0. The minimum atomic E-state index is -1.05. The lowest BCUT2D eigenvalue weighted by Gasteiger charge is -2.23. The number of carboxylic acid groups (broad SMARTS) is 1. The minimum Gasteiger partial charge on any atom is -0.481 e. The number of rotatable bonds is 7. The summed E-state index contributed by atoms with van der Waals surface area (Å²) in [5, 5.41) is 21.1. The first kappa shape index (κ1) is 25.1. The van der Waals surface area contributed by atoms with Gasteiger partial charge >= 0.3 is 5.97 Å². The zero-order valence-electron chi connectivity index (χ0n) is 22.1. The van der Waals surface area contributed by atoms with Crippen molar-refractivity contribution in [3.8, 4) is 22.6 Å². The van der Waals surface area contributed by atoms with Gasteiger partial charge in [-0.2, -0.15) is 0 Å². The van der Waals surface area contributed by atoms with E-state index in [0.717, 1.165) is 22.4 Å². The van der Waals surface area contributed by atoms with Gasteiger partial charge in [0.15, 0.2) is 5.82 Å². The van der Waals surface area contributed by atoms with Crippen LogP contribution in [0.3, 0.4) is 0 Å². The van der Waals surface area contributed by atoms with E-state index in [1.165, 1.54) is 0 Å². The molecule has 5 rings (SSSR count). The zero-order chi connectivity index (χ0) is 27.2. The Morgan fingerprint density at radius 1 is 1.08 bits per heavy atom. The van der Waals surface area contributed by atoms with Crippen molar-refractivity contribution < 1.29 is 14.7 Å². The molecule has 9 nitrogen and oxygen atoms in total. The van der Waals surface area contributed by atoms with Crippen LogP contribution in [0, 0.1) is 0 Å². The van der Waals surface area contributed by atoms with Crippen LogP contribution in [0.1, 0.15) is 55.2 Å². The lowest BCUT2D eigenvalue weighted by molar-refractivity contribution is -0.142. The first-order chi connectivity index (χ1) is 18.1. The number of anilines is 2. The first-order valence-electron chi connectivity index (χ1n) is 12.5. The molecule has 2 N–H and O–H groups in total. The quantitative estimate of drug-likeness (QED) is 0.353. The summed E-state index contributed by atoms with van der Waals surface area (Å²) in [6.07, 6.45) is 1.68. The van der Waals surface area contributed by atoms with Crippen molar-refractivity contribution in [1.82, 2.24) is 19.7 Å². The monoisotopic (exact) mass is 510 g/mol. The highest BCUT2D eigenvalue weighted by atomic mass is 16.4. The highest BCUT2D eigenvalue weighted by Gasteiger charge is 2.33. The van der Waals surface area contributed by atoms with E-state index in [1.807, 2.05) is 59.2 Å². The van der Waals surface area contributed by atoms with Crippen LogP contribution in [0.4, 0.5) is 11.5 Å². The van der Waals surface area contributed by atoms with Gasteiger partial charge in [-0.3, -0.25) is 14.5 Å². The topological polar surface area (TPSA) is 113 Å². The second kappa shape index (κ2) is 9.41. The number of carboxylic acids is 1. The van der Waals surface area contributed by atoms with E-state index in [2.05, 4.69) is 29.4 Å². The SMILES string of the molecule is CNc1cc(-c2ccc3c(c2)C(=O)N(c2cccc(-c4nncn4C(C)C)n2)C3)ccc1C(C)(C)C(=O)O. The van der Waals surface area contributed by atoms with Crippen LogP contribution in [-0.2, 0) is 16.8 Å². The number of fused-ring (bicyclic) bond motifs is 1. The maximum atomic E-state index is 13.5. The lowest BCUT2D eigenvalue weighted by atomic mass is 9.82. The standard InChI is InChI=1S/C29H30N6O3/c1-17(2)35-16-31-33-26(35)23-7-6-8-25(32-23)34-15-20-10-9-18(13-21(20)27(34)36)19-11-12-22(24(14-19)30-5)29(3,4)28(37)38/h6-14,16-17,30H,15H2,1-5H3,(H,37,38). The van der Waals surface area contributed by atoms with E-state index in [4.69, 9.17) is 4.98 Å². The Bertz CT molecular complexity index is 1560. The average molecular weight is 511 g/mol. The largest absolute Gasteiger partial charge is 0.481 e. The molecule has 9 heteroatoms. The fourth-order valence-electron chi connectivity index (χ4n) is 4.76.